The van der Waals surface area contributed by atoms with Gasteiger partial charge in [-0.05, 0) is 30.7 Å². The molecule has 10 heteroatoms. The van der Waals surface area contributed by atoms with E-state index in [-0.39, 0.29) is 13.2 Å². The number of halogens is 2. The molecule has 34 heavy (non-hydrogen) atoms. The Labute approximate surface area is 196 Å². The Morgan fingerprint density at radius 3 is 2.74 bits per heavy atom. The molecule has 2 fully saturated rings. The zero-order valence-electron chi connectivity index (χ0n) is 19.0. The topological polar surface area (TPSA) is 82.9 Å². The van der Waals surface area contributed by atoms with Crippen molar-refractivity contribution in [3.05, 3.63) is 59.3 Å². The molecule has 2 aliphatic rings. The first-order chi connectivity index (χ1) is 16.2. The predicted molar refractivity (Wildman–Crippen MR) is 124 cm³/mol. The maximum absolute atomic E-state index is 14.1. The predicted octanol–water partition coefficient (Wildman–Crippen LogP) is 3.91. The van der Waals surface area contributed by atoms with Crippen LogP contribution in [-0.2, 0) is 25.6 Å². The van der Waals surface area contributed by atoms with Gasteiger partial charge in [0.2, 0.25) is 0 Å². The molecule has 0 radical (unpaired) electrons. The van der Waals surface area contributed by atoms with Crippen molar-refractivity contribution in [1.29, 1.82) is 0 Å². The van der Waals surface area contributed by atoms with Crippen molar-refractivity contribution < 1.29 is 27.2 Å². The van der Waals surface area contributed by atoms with E-state index in [0.717, 1.165) is 22.2 Å². The molecule has 2 saturated heterocycles. The van der Waals surface area contributed by atoms with Crippen LogP contribution in [0.15, 0.2) is 41.0 Å². The zero-order chi connectivity index (χ0) is 24.0. The minimum atomic E-state index is -2.32. The van der Waals surface area contributed by atoms with Gasteiger partial charge >= 0.3 is 0 Å². The van der Waals surface area contributed by atoms with Crippen LogP contribution in [-0.4, -0.2) is 64.4 Å². The number of aryl methyl sites for hydroxylation is 1. The van der Waals surface area contributed by atoms with Crippen LogP contribution in [0.1, 0.15) is 16.8 Å². The lowest BCUT2D eigenvalue weighted by Crippen LogP contribution is -2.34. The van der Waals surface area contributed by atoms with Crippen molar-refractivity contribution in [2.24, 2.45) is 4.36 Å². The number of ether oxygens (including phenoxy) is 3. The number of fused-ring (bicyclic) bond motifs is 2. The van der Waals surface area contributed by atoms with Gasteiger partial charge in [-0.25, -0.2) is 23.0 Å². The van der Waals surface area contributed by atoms with Gasteiger partial charge in [0, 0.05) is 45.7 Å². The minimum Gasteiger partial charge on any atom is -0.485 e. The minimum absolute atomic E-state index is 0.0311. The van der Waals surface area contributed by atoms with Crippen molar-refractivity contribution in [3.8, 4) is 5.75 Å². The largest absolute Gasteiger partial charge is 0.485 e. The van der Waals surface area contributed by atoms with Crippen LogP contribution < -0.4 is 4.74 Å². The van der Waals surface area contributed by atoms with Crippen molar-refractivity contribution in [1.82, 2.24) is 9.97 Å². The first-order valence-corrected chi connectivity index (χ1v) is 13.2. The number of benzene rings is 2. The van der Waals surface area contributed by atoms with E-state index in [0.29, 0.717) is 23.4 Å². The van der Waals surface area contributed by atoms with Gasteiger partial charge in [0.1, 0.15) is 30.1 Å². The van der Waals surface area contributed by atoms with Crippen LogP contribution in [0.4, 0.5) is 14.5 Å². The fourth-order valence-corrected chi connectivity index (χ4v) is 5.15. The van der Waals surface area contributed by atoms with Crippen LogP contribution >= 0.6 is 0 Å². The molecule has 7 nitrogen and oxygen atoms in total. The molecule has 5 rings (SSSR count). The summed E-state index contributed by atoms with van der Waals surface area (Å²) in [5.74, 6) is -0.101. The normalized spacial score (nSPS) is 24.4. The van der Waals surface area contributed by atoms with Crippen LogP contribution in [0.5, 0.6) is 5.75 Å². The molecule has 180 valence electrons. The third kappa shape index (κ3) is 4.62. The molecule has 0 N–H and O–H groups in total. The summed E-state index contributed by atoms with van der Waals surface area (Å²) in [7, 11) is -2.32. The summed E-state index contributed by atoms with van der Waals surface area (Å²) in [4.78, 5) is 8.85. The first-order valence-electron chi connectivity index (χ1n) is 10.9. The highest BCUT2D eigenvalue weighted by atomic mass is 32.2. The maximum Gasteiger partial charge on any atom is 0.152 e. The molecular formula is C24H25F2N3O4S. The van der Waals surface area contributed by atoms with E-state index in [1.165, 1.54) is 18.5 Å². The second-order valence-corrected chi connectivity index (χ2v) is 11.5. The highest BCUT2D eigenvalue weighted by molar-refractivity contribution is 7.92. The van der Waals surface area contributed by atoms with Crippen molar-refractivity contribution >= 4 is 26.3 Å². The second-order valence-electron chi connectivity index (χ2n) is 8.95. The third-order valence-corrected chi connectivity index (χ3v) is 6.59. The lowest BCUT2D eigenvalue weighted by Gasteiger charge is -2.20. The Hall–Kier alpha value is -2.69. The molecule has 2 aliphatic heterocycles. The summed E-state index contributed by atoms with van der Waals surface area (Å²) < 4.78 is 61.6. The summed E-state index contributed by atoms with van der Waals surface area (Å²) in [6.07, 6.45) is 2.08. The number of aromatic nitrogens is 2. The van der Waals surface area contributed by atoms with Gasteiger partial charge in [0.05, 0.1) is 30.1 Å². The molecule has 0 amide bonds. The number of rotatable bonds is 5. The molecule has 4 atom stereocenters. The quantitative estimate of drug-likeness (QED) is 0.541. The first kappa shape index (κ1) is 23.1. The van der Waals surface area contributed by atoms with Crippen molar-refractivity contribution in [2.45, 2.75) is 37.8 Å². The highest BCUT2D eigenvalue weighted by Gasteiger charge is 2.49. The molecule has 3 aromatic rings. The van der Waals surface area contributed by atoms with Gasteiger partial charge in [0.15, 0.2) is 12.3 Å². The van der Waals surface area contributed by atoms with E-state index in [4.69, 9.17) is 14.2 Å². The summed E-state index contributed by atoms with van der Waals surface area (Å²) in [6.45, 7) is 2.06. The maximum atomic E-state index is 14.1. The Balaban J connectivity index is 1.48. The van der Waals surface area contributed by atoms with Crippen LogP contribution in [0, 0.1) is 12.7 Å². The number of nitrogens with zero attached hydrogens (tertiary/aromatic N) is 3. The third-order valence-electron chi connectivity index (χ3n) is 5.94. The molecule has 0 bridgehead atoms. The fraction of sp³-hybridized carbons (Fsp3) is 0.417. The lowest BCUT2D eigenvalue weighted by molar-refractivity contribution is 0.0276. The average Bonchev–Trinajstić information content (AvgIpc) is 3.32. The number of hydrogen-bond acceptors (Lipinski definition) is 7. The standard InChI is InChI=1S/C24H25F2N3O4S/c1-13-6-16(29-34(2,3)30)9-19-22(13)18(27-12-28-19)7-14-4-5-15(25)8-20(14)33-21-11-32-23-17(26)10-31-24(21)23/h4-6,8-9,12,17,21,23-24H,7,10-11H2,1-3H3/t17-,21+,23+,24+/m0/s1. The number of alkyl halides is 1. The van der Waals surface area contributed by atoms with E-state index in [1.54, 1.807) is 24.6 Å². The van der Waals surface area contributed by atoms with Gasteiger partial charge in [0.25, 0.3) is 0 Å². The number of hydrogen-bond donors (Lipinski definition) is 0. The molecule has 0 spiro atoms. The fourth-order valence-electron chi connectivity index (χ4n) is 4.54. The Morgan fingerprint density at radius 2 is 1.94 bits per heavy atom. The van der Waals surface area contributed by atoms with E-state index in [2.05, 4.69) is 14.3 Å². The van der Waals surface area contributed by atoms with Crippen LogP contribution in [0.3, 0.4) is 0 Å². The van der Waals surface area contributed by atoms with Gasteiger partial charge < -0.3 is 14.2 Å². The monoisotopic (exact) mass is 489 g/mol. The molecule has 0 saturated carbocycles. The Bertz CT molecular complexity index is 1370. The summed E-state index contributed by atoms with van der Waals surface area (Å²) >= 11 is 0. The lowest BCUT2D eigenvalue weighted by atomic mass is 10.0. The summed E-state index contributed by atoms with van der Waals surface area (Å²) in [6, 6.07) is 7.97. The molecule has 3 heterocycles. The molecule has 0 unspecified atom stereocenters. The molecule has 0 aliphatic carbocycles. The van der Waals surface area contributed by atoms with Gasteiger partial charge in [-0.3, -0.25) is 0 Å². The van der Waals surface area contributed by atoms with Gasteiger partial charge in [-0.15, -0.1) is 0 Å². The smallest absolute Gasteiger partial charge is 0.152 e. The second kappa shape index (κ2) is 8.83. The van der Waals surface area contributed by atoms with Crippen molar-refractivity contribution in [3.63, 3.8) is 0 Å². The Kier molecular flexibility index (Phi) is 5.99. The van der Waals surface area contributed by atoms with Crippen molar-refractivity contribution in [2.75, 3.05) is 25.7 Å². The van der Waals surface area contributed by atoms with Gasteiger partial charge in [-0.1, -0.05) is 6.07 Å². The van der Waals surface area contributed by atoms with Gasteiger partial charge in [-0.2, -0.15) is 4.36 Å². The molecule has 1 aromatic heterocycles. The summed E-state index contributed by atoms with van der Waals surface area (Å²) in [5, 5.41) is 0.846. The van der Waals surface area contributed by atoms with Crippen LogP contribution in [0.25, 0.3) is 10.9 Å². The molecular weight excluding hydrogens is 464 g/mol. The Morgan fingerprint density at radius 1 is 1.15 bits per heavy atom. The summed E-state index contributed by atoms with van der Waals surface area (Å²) in [5.41, 5.74) is 3.62. The van der Waals surface area contributed by atoms with E-state index in [9.17, 15) is 13.0 Å². The van der Waals surface area contributed by atoms with E-state index >= 15 is 0 Å². The average molecular weight is 490 g/mol. The SMILES string of the molecule is Cc1cc(N=S(C)(C)=O)cc2ncnc(Cc3ccc(F)cc3O[C@@H]3CO[C@H]4[C@@H]3OC[C@@H]4F)c12. The molecule has 2 aromatic carbocycles. The highest BCUT2D eigenvalue weighted by Crippen LogP contribution is 2.34. The van der Waals surface area contributed by atoms with E-state index < -0.39 is 40.0 Å². The zero-order valence-corrected chi connectivity index (χ0v) is 19.9. The van der Waals surface area contributed by atoms with Crippen LogP contribution in [0.2, 0.25) is 0 Å². The van der Waals surface area contributed by atoms with E-state index in [1.807, 2.05) is 13.0 Å².